The van der Waals surface area contributed by atoms with Gasteiger partial charge in [0, 0.05) is 12.1 Å². The van der Waals surface area contributed by atoms with Crippen molar-refractivity contribution in [2.24, 2.45) is 17.1 Å². The Kier molecular flexibility index (Phi) is 7.00. The summed E-state index contributed by atoms with van der Waals surface area (Å²) < 4.78 is 0. The van der Waals surface area contributed by atoms with E-state index in [0.29, 0.717) is 11.3 Å². The van der Waals surface area contributed by atoms with Crippen LogP contribution in [-0.4, -0.2) is 30.1 Å². The van der Waals surface area contributed by atoms with Crippen LogP contribution < -0.4 is 5.73 Å². The quantitative estimate of drug-likeness (QED) is 0.713. The summed E-state index contributed by atoms with van der Waals surface area (Å²) in [5.41, 5.74) is 7.08. The molecule has 1 fully saturated rings. The highest BCUT2D eigenvalue weighted by Crippen LogP contribution is 2.46. The predicted octanol–water partition coefficient (Wildman–Crippen LogP) is 4.43. The summed E-state index contributed by atoms with van der Waals surface area (Å²) in [6.07, 6.45) is 9.10. The van der Waals surface area contributed by atoms with Gasteiger partial charge in [-0.3, -0.25) is 4.90 Å². The molecule has 2 unspecified atom stereocenters. The highest BCUT2D eigenvalue weighted by molar-refractivity contribution is 5.02. The lowest BCUT2D eigenvalue weighted by atomic mass is 9.63. The molecular weight excluding hydrogens is 244 g/mol. The van der Waals surface area contributed by atoms with Crippen molar-refractivity contribution in [1.29, 1.82) is 0 Å². The van der Waals surface area contributed by atoms with Crippen LogP contribution in [0.1, 0.15) is 79.6 Å². The molecule has 0 amide bonds. The van der Waals surface area contributed by atoms with Gasteiger partial charge >= 0.3 is 0 Å². The van der Waals surface area contributed by atoms with E-state index in [4.69, 9.17) is 5.73 Å². The van der Waals surface area contributed by atoms with E-state index < -0.39 is 0 Å². The van der Waals surface area contributed by atoms with Crippen molar-refractivity contribution in [2.45, 2.75) is 85.1 Å². The lowest BCUT2D eigenvalue weighted by Gasteiger charge is -2.54. The number of nitrogens with two attached hydrogens (primary N) is 1. The first-order valence-corrected chi connectivity index (χ1v) is 8.87. The van der Waals surface area contributed by atoms with Crippen molar-refractivity contribution >= 4 is 0 Å². The Morgan fingerprint density at radius 1 is 1.05 bits per heavy atom. The average Bonchev–Trinajstić information content (AvgIpc) is 2.40. The van der Waals surface area contributed by atoms with Crippen molar-refractivity contribution in [3.05, 3.63) is 0 Å². The van der Waals surface area contributed by atoms with E-state index >= 15 is 0 Å². The first-order chi connectivity index (χ1) is 9.41. The van der Waals surface area contributed by atoms with Crippen LogP contribution >= 0.6 is 0 Å². The molecule has 2 nitrogen and oxygen atoms in total. The minimum absolute atomic E-state index is 0.264. The molecule has 0 aromatic rings. The average molecular weight is 283 g/mol. The zero-order valence-corrected chi connectivity index (χ0v) is 14.7. The van der Waals surface area contributed by atoms with Crippen LogP contribution in [0.4, 0.5) is 0 Å². The molecule has 1 aliphatic carbocycles. The molecule has 2 heteroatoms. The van der Waals surface area contributed by atoms with Crippen molar-refractivity contribution in [1.82, 2.24) is 4.90 Å². The van der Waals surface area contributed by atoms with Crippen LogP contribution in [0.5, 0.6) is 0 Å². The third-order valence-corrected chi connectivity index (χ3v) is 5.56. The molecule has 2 atom stereocenters. The van der Waals surface area contributed by atoms with E-state index in [1.807, 2.05) is 0 Å². The largest absolute Gasteiger partial charge is 0.329 e. The zero-order valence-electron chi connectivity index (χ0n) is 14.7. The lowest BCUT2D eigenvalue weighted by molar-refractivity contribution is -0.0238. The summed E-state index contributed by atoms with van der Waals surface area (Å²) in [6, 6.07) is 0. The minimum atomic E-state index is 0.264. The topological polar surface area (TPSA) is 29.3 Å². The van der Waals surface area contributed by atoms with Crippen LogP contribution in [0.3, 0.4) is 0 Å². The molecule has 2 N–H and O–H groups in total. The van der Waals surface area contributed by atoms with E-state index in [1.165, 1.54) is 58.0 Å². The van der Waals surface area contributed by atoms with Gasteiger partial charge in [0.25, 0.3) is 0 Å². The molecule has 0 radical (unpaired) electrons. The maximum absolute atomic E-state index is 6.32. The van der Waals surface area contributed by atoms with E-state index in [1.54, 1.807) is 0 Å². The van der Waals surface area contributed by atoms with Gasteiger partial charge in [0.05, 0.1) is 0 Å². The molecule has 20 heavy (non-hydrogen) atoms. The fourth-order valence-corrected chi connectivity index (χ4v) is 4.08. The molecule has 0 bridgehead atoms. The Hall–Kier alpha value is -0.0800. The Morgan fingerprint density at radius 3 is 2.00 bits per heavy atom. The summed E-state index contributed by atoms with van der Waals surface area (Å²) >= 11 is 0. The highest BCUT2D eigenvalue weighted by Gasteiger charge is 2.46. The molecule has 0 saturated heterocycles. The minimum Gasteiger partial charge on any atom is -0.329 e. The molecule has 0 heterocycles. The van der Waals surface area contributed by atoms with Gasteiger partial charge in [-0.15, -0.1) is 0 Å². The van der Waals surface area contributed by atoms with Crippen LogP contribution in [0.25, 0.3) is 0 Å². The lowest BCUT2D eigenvalue weighted by Crippen LogP contribution is -2.61. The maximum atomic E-state index is 6.32. The van der Waals surface area contributed by atoms with Gasteiger partial charge in [-0.25, -0.2) is 0 Å². The van der Waals surface area contributed by atoms with Gasteiger partial charge in [0.15, 0.2) is 0 Å². The maximum Gasteiger partial charge on any atom is 0.0357 e. The fraction of sp³-hybridized carbons (Fsp3) is 1.00. The summed E-state index contributed by atoms with van der Waals surface area (Å²) in [4.78, 5) is 2.76. The third kappa shape index (κ3) is 4.21. The first kappa shape index (κ1) is 18.0. The number of rotatable bonds is 8. The van der Waals surface area contributed by atoms with E-state index in [9.17, 15) is 0 Å². The summed E-state index contributed by atoms with van der Waals surface area (Å²) in [5.74, 6) is 0.713. The fourth-order valence-electron chi connectivity index (χ4n) is 4.08. The van der Waals surface area contributed by atoms with E-state index in [-0.39, 0.29) is 5.54 Å². The van der Waals surface area contributed by atoms with Gasteiger partial charge in [-0.1, -0.05) is 47.5 Å². The Bertz CT molecular complexity index is 267. The highest BCUT2D eigenvalue weighted by atomic mass is 15.2. The molecule has 120 valence electrons. The number of hydrogen-bond donors (Lipinski definition) is 1. The number of hydrogen-bond acceptors (Lipinski definition) is 2. The second-order valence-corrected chi connectivity index (χ2v) is 7.77. The van der Waals surface area contributed by atoms with E-state index in [2.05, 4.69) is 39.5 Å². The third-order valence-electron chi connectivity index (χ3n) is 5.56. The van der Waals surface area contributed by atoms with Crippen LogP contribution in [0.2, 0.25) is 0 Å². The van der Waals surface area contributed by atoms with Crippen molar-refractivity contribution < 1.29 is 0 Å². The molecule has 0 spiro atoms. The van der Waals surface area contributed by atoms with Gasteiger partial charge in [0.1, 0.15) is 0 Å². The molecule has 0 aromatic carbocycles. The van der Waals surface area contributed by atoms with Crippen molar-refractivity contribution in [2.75, 3.05) is 19.6 Å². The molecule has 1 aliphatic rings. The van der Waals surface area contributed by atoms with Crippen LogP contribution in [-0.2, 0) is 0 Å². The Balaban J connectivity index is 2.86. The number of unbranched alkanes of at least 4 members (excludes halogenated alkanes) is 2. The second-order valence-electron chi connectivity index (χ2n) is 7.77. The van der Waals surface area contributed by atoms with Gasteiger partial charge in [-0.05, 0) is 56.5 Å². The molecule has 0 aliphatic heterocycles. The first-order valence-electron chi connectivity index (χ1n) is 8.87. The monoisotopic (exact) mass is 282 g/mol. The van der Waals surface area contributed by atoms with Gasteiger partial charge < -0.3 is 5.73 Å². The predicted molar refractivity (Wildman–Crippen MR) is 90.0 cm³/mol. The standard InChI is InChI=1S/C18H38N2/c1-6-8-12-20(13-9-7-2)18(15-19)11-10-17(4,5)14-16(18)3/h16H,6-15,19H2,1-5H3. The van der Waals surface area contributed by atoms with Crippen molar-refractivity contribution in [3.8, 4) is 0 Å². The summed E-state index contributed by atoms with van der Waals surface area (Å²) in [7, 11) is 0. The molecule has 1 rings (SSSR count). The smallest absolute Gasteiger partial charge is 0.0357 e. The van der Waals surface area contributed by atoms with Gasteiger partial charge in [0.2, 0.25) is 0 Å². The van der Waals surface area contributed by atoms with E-state index in [0.717, 1.165) is 6.54 Å². The van der Waals surface area contributed by atoms with Gasteiger partial charge in [-0.2, -0.15) is 0 Å². The molecular formula is C18H38N2. The van der Waals surface area contributed by atoms with Crippen molar-refractivity contribution in [3.63, 3.8) is 0 Å². The Morgan fingerprint density at radius 2 is 1.60 bits per heavy atom. The summed E-state index contributed by atoms with van der Waals surface area (Å²) in [5, 5.41) is 0. The second kappa shape index (κ2) is 7.79. The summed E-state index contributed by atoms with van der Waals surface area (Å²) in [6.45, 7) is 15.2. The van der Waals surface area contributed by atoms with Crippen LogP contribution in [0, 0.1) is 11.3 Å². The van der Waals surface area contributed by atoms with Crippen LogP contribution in [0.15, 0.2) is 0 Å². The Labute approximate surface area is 127 Å². The number of nitrogens with zero attached hydrogens (tertiary/aromatic N) is 1. The zero-order chi connectivity index (χ0) is 15.2. The SMILES string of the molecule is CCCCN(CCCC)C1(CN)CCC(C)(C)CC1C. The molecule has 1 saturated carbocycles. The normalized spacial score (nSPS) is 29.9. The molecule has 0 aromatic heterocycles.